The van der Waals surface area contributed by atoms with Crippen LogP contribution in [0.5, 0.6) is 17.2 Å². The Bertz CT molecular complexity index is 3110. The second-order valence-corrected chi connectivity index (χ2v) is 19.1. The minimum Gasteiger partial charge on any atom is -0.497 e. The molecule has 0 spiro atoms. The predicted octanol–water partition coefficient (Wildman–Crippen LogP) is 22.0. The average Bonchev–Trinajstić information content (AvgIpc) is 3.14. The lowest BCUT2D eigenvalue weighted by Gasteiger charge is -2.03. The highest BCUT2D eigenvalue weighted by Gasteiger charge is 2.29. The van der Waals surface area contributed by atoms with Crippen LogP contribution in [0.2, 0.25) is 0 Å². The van der Waals surface area contributed by atoms with E-state index in [1.807, 2.05) is 164 Å². The van der Waals surface area contributed by atoms with E-state index in [9.17, 15) is 27.6 Å². The molecule has 10 aromatic rings. The van der Waals surface area contributed by atoms with E-state index in [1.165, 1.54) is 39.9 Å². The SMILES string of the molecule is C.C.C#CCCCC(C)=O.CCOC(=O)c1ccccc1.COc1ccccc1.COc1ccccc1.COc1ccccc1.Cc1ccc(C)cc1.Cc1ccccc1.Cc1ccccc1.Cc1ccccc1.FC(F)(F)c1ccccc1.O=C(O)c1ccccc1. The van der Waals surface area contributed by atoms with E-state index in [0.717, 1.165) is 42.2 Å². The van der Waals surface area contributed by atoms with E-state index in [-0.39, 0.29) is 26.6 Å². The van der Waals surface area contributed by atoms with Crippen LogP contribution in [0.25, 0.3) is 0 Å². The van der Waals surface area contributed by atoms with Crippen molar-refractivity contribution in [3.8, 4) is 29.6 Å². The molecule has 0 unspecified atom stereocenters. The van der Waals surface area contributed by atoms with Crippen LogP contribution in [-0.4, -0.2) is 50.8 Å². The molecule has 0 amide bonds. The second-order valence-electron chi connectivity index (χ2n) is 19.1. The van der Waals surface area contributed by atoms with E-state index in [4.69, 9.17) is 30.5 Å². The Labute approximate surface area is 554 Å². The van der Waals surface area contributed by atoms with Crippen molar-refractivity contribution in [3.05, 3.63) is 342 Å². The minimum atomic E-state index is -4.21. The van der Waals surface area contributed by atoms with Gasteiger partial charge in [0, 0.05) is 12.8 Å². The Morgan fingerprint density at radius 3 is 0.839 bits per heavy atom. The molecule has 8 nitrogen and oxygen atoms in total. The first-order chi connectivity index (χ1) is 43.8. The second kappa shape index (κ2) is 58.0. The van der Waals surface area contributed by atoms with Gasteiger partial charge in [-0.15, -0.1) is 12.3 Å². The molecular formula is C82H97F3O8. The first kappa shape index (κ1) is 86.8. The van der Waals surface area contributed by atoms with Gasteiger partial charge in [-0.05, 0) is 116 Å². The van der Waals surface area contributed by atoms with Gasteiger partial charge in [-0.25, -0.2) is 9.59 Å². The molecule has 0 saturated carbocycles. The van der Waals surface area contributed by atoms with Crippen LogP contribution in [0.15, 0.2) is 297 Å². The van der Waals surface area contributed by atoms with Crippen LogP contribution in [0, 0.1) is 47.0 Å². The van der Waals surface area contributed by atoms with Crippen molar-refractivity contribution in [1.82, 2.24) is 0 Å². The zero-order chi connectivity index (χ0) is 67.6. The molecule has 0 aromatic heterocycles. The molecule has 494 valence electrons. The third kappa shape index (κ3) is 52.1. The Hall–Kier alpha value is -10.4. The first-order valence-corrected chi connectivity index (χ1v) is 29.2. The number of carboxylic acids is 1. The van der Waals surface area contributed by atoms with Gasteiger partial charge < -0.3 is 28.8 Å². The smallest absolute Gasteiger partial charge is 0.416 e. The number of alkyl halides is 3. The summed E-state index contributed by atoms with van der Waals surface area (Å²) in [4.78, 5) is 31.5. The van der Waals surface area contributed by atoms with Crippen LogP contribution < -0.4 is 14.2 Å². The van der Waals surface area contributed by atoms with Crippen LogP contribution >= 0.6 is 0 Å². The number of benzene rings is 10. The fourth-order valence-electron chi connectivity index (χ4n) is 6.35. The summed E-state index contributed by atoms with van der Waals surface area (Å²) in [6.07, 6.45) is 2.94. The number of carbonyl (C=O) groups is 3. The normalized spacial score (nSPS) is 8.86. The maximum atomic E-state index is 11.8. The number of para-hydroxylation sites is 3. The monoisotopic (exact) mass is 1270 g/mol. The third-order valence-electron chi connectivity index (χ3n) is 11.2. The number of hydrogen-bond acceptors (Lipinski definition) is 7. The van der Waals surface area contributed by atoms with E-state index in [0.29, 0.717) is 24.2 Å². The van der Waals surface area contributed by atoms with Crippen molar-refractivity contribution in [1.29, 1.82) is 0 Å². The molecule has 0 saturated heterocycles. The van der Waals surface area contributed by atoms with E-state index in [2.05, 4.69) is 101 Å². The van der Waals surface area contributed by atoms with Gasteiger partial charge in [0.05, 0.1) is 44.6 Å². The highest BCUT2D eigenvalue weighted by atomic mass is 19.4. The number of unbranched alkanes of at least 4 members (excludes halogenated alkanes) is 1. The molecule has 1 N–H and O–H groups in total. The molecule has 0 radical (unpaired) electrons. The molecule has 10 aromatic carbocycles. The first-order valence-electron chi connectivity index (χ1n) is 29.2. The highest BCUT2D eigenvalue weighted by Crippen LogP contribution is 2.28. The number of methoxy groups -OCH3 is 3. The lowest BCUT2D eigenvalue weighted by Crippen LogP contribution is -2.03. The number of aryl methyl sites for hydroxylation is 5. The van der Waals surface area contributed by atoms with E-state index < -0.39 is 17.7 Å². The molecule has 0 heterocycles. The summed E-state index contributed by atoms with van der Waals surface area (Å²) in [5.41, 5.74) is 6.96. The highest BCUT2D eigenvalue weighted by molar-refractivity contribution is 5.89. The fourth-order valence-corrected chi connectivity index (χ4v) is 6.35. The van der Waals surface area contributed by atoms with Gasteiger partial charge >= 0.3 is 18.1 Å². The zero-order valence-electron chi connectivity index (χ0n) is 54.1. The van der Waals surface area contributed by atoms with Gasteiger partial charge in [-0.3, -0.25) is 0 Å². The summed E-state index contributed by atoms with van der Waals surface area (Å²) in [7, 11) is 4.99. The van der Waals surface area contributed by atoms with Crippen molar-refractivity contribution < 1.29 is 51.6 Å². The number of Topliss-reactive ketones (excluding diaryl/α,β-unsaturated/α-hetero) is 1. The van der Waals surface area contributed by atoms with Gasteiger partial charge in [0.25, 0.3) is 0 Å². The van der Waals surface area contributed by atoms with Gasteiger partial charge in [-0.1, -0.05) is 279 Å². The molecule has 93 heavy (non-hydrogen) atoms. The third-order valence-corrected chi connectivity index (χ3v) is 11.2. The predicted molar refractivity (Wildman–Crippen MR) is 383 cm³/mol. The number of carbonyl (C=O) groups excluding carboxylic acids is 2. The summed E-state index contributed by atoms with van der Waals surface area (Å²) in [5, 5.41) is 8.38. The zero-order valence-corrected chi connectivity index (χ0v) is 54.1. The van der Waals surface area contributed by atoms with Gasteiger partial charge in [0.15, 0.2) is 0 Å². The number of ether oxygens (including phenoxy) is 4. The number of halogens is 3. The van der Waals surface area contributed by atoms with Crippen LogP contribution in [-0.2, 0) is 15.7 Å². The maximum absolute atomic E-state index is 11.8. The van der Waals surface area contributed by atoms with Gasteiger partial charge in [0.1, 0.15) is 23.0 Å². The Balaban J connectivity index is -0.000000958. The number of carboxylic acid groups (broad SMARTS) is 1. The van der Waals surface area contributed by atoms with E-state index in [1.54, 1.807) is 83.7 Å². The molecular weight excluding hydrogens is 1170 g/mol. The van der Waals surface area contributed by atoms with Crippen molar-refractivity contribution in [2.24, 2.45) is 0 Å². The Kier molecular flexibility index (Phi) is 54.1. The van der Waals surface area contributed by atoms with Crippen LogP contribution in [0.1, 0.15) is 102 Å². The van der Waals surface area contributed by atoms with Gasteiger partial charge in [0.2, 0.25) is 0 Å². The number of aromatic carboxylic acids is 1. The largest absolute Gasteiger partial charge is 0.497 e. The lowest BCUT2D eigenvalue weighted by molar-refractivity contribution is -0.137. The lowest BCUT2D eigenvalue weighted by atomic mass is 10.2. The summed E-state index contributed by atoms with van der Waals surface area (Å²) in [6.45, 7) is 14.2. The summed E-state index contributed by atoms with van der Waals surface area (Å²) in [6, 6.07) is 91.9. The molecule has 10 rings (SSSR count). The molecule has 0 bridgehead atoms. The molecule has 0 aliphatic rings. The number of esters is 1. The van der Waals surface area contributed by atoms with Crippen LogP contribution in [0.3, 0.4) is 0 Å². The number of ketones is 1. The summed E-state index contributed by atoms with van der Waals surface area (Å²) in [5.74, 6) is 4.29. The van der Waals surface area contributed by atoms with Crippen LogP contribution in [0.4, 0.5) is 13.2 Å². The summed E-state index contributed by atoms with van der Waals surface area (Å²) < 4.78 is 54.9. The fraction of sp³-hybridized carbons (Fsp3) is 0.207. The molecule has 11 heteroatoms. The molecule has 0 aliphatic heterocycles. The summed E-state index contributed by atoms with van der Waals surface area (Å²) >= 11 is 0. The van der Waals surface area contributed by atoms with Crippen molar-refractivity contribution in [2.75, 3.05) is 27.9 Å². The number of rotatable bonds is 9. The molecule has 0 aliphatic carbocycles. The minimum absolute atomic E-state index is 0. The topological polar surface area (TPSA) is 108 Å². The van der Waals surface area contributed by atoms with Crippen molar-refractivity contribution in [2.45, 2.75) is 88.8 Å². The number of terminal acetylenes is 1. The van der Waals surface area contributed by atoms with E-state index >= 15 is 0 Å². The Morgan fingerprint density at radius 2 is 0.656 bits per heavy atom. The average molecular weight is 1270 g/mol. The molecule has 0 fully saturated rings. The van der Waals surface area contributed by atoms with Crippen molar-refractivity contribution >= 4 is 17.7 Å². The Morgan fingerprint density at radius 1 is 0.409 bits per heavy atom. The maximum Gasteiger partial charge on any atom is 0.416 e. The quantitative estimate of drug-likeness (QED) is 0.0865. The van der Waals surface area contributed by atoms with Gasteiger partial charge in [-0.2, -0.15) is 13.2 Å². The van der Waals surface area contributed by atoms with Crippen molar-refractivity contribution in [3.63, 3.8) is 0 Å². The number of hydrogen-bond donors (Lipinski definition) is 1. The molecule has 0 atom stereocenters. The standard InChI is InChI=1S/C9H10O2.C8H10.C7H5F3.C7H6O2.3C7H8O.C7H10O.3C7H8.2CH4/c1-2-11-9(10)8-6-4-3-5-7-8;1-7-3-5-8(2)6-4-7;8-7(9,10)6-4-2-1-3-5-6;8-7(9)6-4-2-1-3-5-6;3*1-8-7-5-3-2-4-6-7;1-3-4-5-6-7(2)8;3*1-7-5-3-2-4-6-7;;/h3-7H,2H2,1H3;3-6H,1-2H3;1-5H;1-5H,(H,8,9);3*2-6H,1H3;1H,4-6H2,2H3;3*2-6H,1H3;2*1H4.